The van der Waals surface area contributed by atoms with Gasteiger partial charge in [0.05, 0.1) is 6.07 Å². The molecule has 2 nitrogen and oxygen atoms in total. The van der Waals surface area contributed by atoms with Crippen molar-refractivity contribution in [3.63, 3.8) is 0 Å². The van der Waals surface area contributed by atoms with Crippen LogP contribution in [0.15, 0.2) is 0 Å². The molecule has 1 saturated carbocycles. The van der Waals surface area contributed by atoms with Gasteiger partial charge in [0.2, 0.25) is 0 Å². The van der Waals surface area contributed by atoms with Crippen LogP contribution >= 0.6 is 0 Å². The third-order valence-electron chi connectivity index (χ3n) is 4.14. The molecule has 0 bridgehead atoms. The van der Waals surface area contributed by atoms with Crippen LogP contribution in [-0.2, 0) is 0 Å². The second-order valence-electron chi connectivity index (χ2n) is 5.50. The summed E-state index contributed by atoms with van der Waals surface area (Å²) in [5.41, 5.74) is 0.396. The zero-order chi connectivity index (χ0) is 10.7. The minimum Gasteiger partial charge on any atom is -0.300 e. The maximum Gasteiger partial charge on any atom is 0.0628 e. The standard InChI is InChI=1S/C13H22N2/c1-12-5-3-2-4-10-15(12)11-13(6-7-13)8-9-14/h12H,2-8,10-11H2,1H3. The van der Waals surface area contributed by atoms with E-state index in [0.717, 1.165) is 12.5 Å². The van der Waals surface area contributed by atoms with E-state index in [1.54, 1.807) is 0 Å². The van der Waals surface area contributed by atoms with Crippen LogP contribution in [0.4, 0.5) is 0 Å². The molecular formula is C13H22N2. The summed E-state index contributed by atoms with van der Waals surface area (Å²) in [6, 6.07) is 3.10. The lowest BCUT2D eigenvalue weighted by molar-refractivity contribution is 0.172. The number of nitrogens with zero attached hydrogens (tertiary/aromatic N) is 2. The monoisotopic (exact) mass is 206 g/mol. The van der Waals surface area contributed by atoms with Gasteiger partial charge in [-0.1, -0.05) is 12.8 Å². The Morgan fingerprint density at radius 3 is 2.80 bits per heavy atom. The normalized spacial score (nSPS) is 30.5. The SMILES string of the molecule is CC1CCCCCN1CC1(CC#N)CC1. The Hall–Kier alpha value is -0.550. The summed E-state index contributed by atoms with van der Waals surface area (Å²) in [5.74, 6) is 0. The Balaban J connectivity index is 1.89. The Bertz CT molecular complexity index is 250. The van der Waals surface area contributed by atoms with Gasteiger partial charge < -0.3 is 4.90 Å². The largest absolute Gasteiger partial charge is 0.300 e. The van der Waals surface area contributed by atoms with E-state index in [4.69, 9.17) is 5.26 Å². The van der Waals surface area contributed by atoms with Crippen molar-refractivity contribution >= 4 is 0 Å². The fourth-order valence-corrected chi connectivity index (χ4v) is 2.74. The van der Waals surface area contributed by atoms with Crippen LogP contribution in [0, 0.1) is 16.7 Å². The van der Waals surface area contributed by atoms with Crippen LogP contribution in [0.1, 0.15) is 51.9 Å². The predicted octanol–water partition coefficient (Wildman–Crippen LogP) is 2.94. The second kappa shape index (κ2) is 4.53. The molecule has 0 aromatic carbocycles. The number of rotatable bonds is 3. The molecule has 0 spiro atoms. The summed E-state index contributed by atoms with van der Waals surface area (Å²) >= 11 is 0. The summed E-state index contributed by atoms with van der Waals surface area (Å²) in [7, 11) is 0. The van der Waals surface area contributed by atoms with E-state index < -0.39 is 0 Å². The molecule has 0 N–H and O–H groups in total. The maximum absolute atomic E-state index is 8.82. The lowest BCUT2D eigenvalue weighted by atomic mass is 10.0. The molecule has 1 unspecified atom stereocenters. The van der Waals surface area contributed by atoms with E-state index >= 15 is 0 Å². The first-order valence-electron chi connectivity index (χ1n) is 6.37. The van der Waals surface area contributed by atoms with Crippen molar-refractivity contribution in [2.75, 3.05) is 13.1 Å². The highest BCUT2D eigenvalue weighted by Gasteiger charge is 2.44. The van der Waals surface area contributed by atoms with Gasteiger partial charge in [-0.05, 0) is 44.6 Å². The van der Waals surface area contributed by atoms with Gasteiger partial charge in [-0.2, -0.15) is 5.26 Å². The second-order valence-corrected chi connectivity index (χ2v) is 5.50. The van der Waals surface area contributed by atoms with E-state index in [1.165, 1.54) is 51.6 Å². The first-order chi connectivity index (χ1) is 7.26. The third kappa shape index (κ3) is 2.72. The zero-order valence-corrected chi connectivity index (χ0v) is 9.84. The van der Waals surface area contributed by atoms with Crippen molar-refractivity contribution in [1.29, 1.82) is 5.26 Å². The molecule has 2 rings (SSSR count). The van der Waals surface area contributed by atoms with Gasteiger partial charge in [0.25, 0.3) is 0 Å². The van der Waals surface area contributed by atoms with Crippen LogP contribution in [-0.4, -0.2) is 24.0 Å². The van der Waals surface area contributed by atoms with Crippen LogP contribution < -0.4 is 0 Å². The zero-order valence-electron chi connectivity index (χ0n) is 9.84. The van der Waals surface area contributed by atoms with E-state index in [-0.39, 0.29) is 0 Å². The Labute approximate surface area is 93.3 Å². The number of hydrogen-bond acceptors (Lipinski definition) is 2. The molecule has 0 aromatic rings. The van der Waals surface area contributed by atoms with Crippen molar-refractivity contribution in [2.24, 2.45) is 5.41 Å². The first kappa shape index (κ1) is 11.0. The molecule has 1 saturated heterocycles. The van der Waals surface area contributed by atoms with Crippen molar-refractivity contribution in [3.8, 4) is 6.07 Å². The summed E-state index contributed by atoms with van der Waals surface area (Å²) in [5, 5.41) is 8.82. The van der Waals surface area contributed by atoms with E-state index in [2.05, 4.69) is 17.9 Å². The molecule has 2 heteroatoms. The molecule has 0 amide bonds. The number of nitriles is 1. The third-order valence-corrected chi connectivity index (χ3v) is 4.14. The molecule has 1 aliphatic heterocycles. The first-order valence-corrected chi connectivity index (χ1v) is 6.37. The van der Waals surface area contributed by atoms with Crippen LogP contribution in [0.3, 0.4) is 0 Å². The van der Waals surface area contributed by atoms with Gasteiger partial charge >= 0.3 is 0 Å². The fraction of sp³-hybridized carbons (Fsp3) is 0.923. The summed E-state index contributed by atoms with van der Waals surface area (Å²) < 4.78 is 0. The molecule has 2 aliphatic rings. The van der Waals surface area contributed by atoms with Gasteiger partial charge in [-0.15, -0.1) is 0 Å². The Morgan fingerprint density at radius 2 is 2.13 bits per heavy atom. The van der Waals surface area contributed by atoms with Crippen molar-refractivity contribution < 1.29 is 0 Å². The molecule has 1 heterocycles. The van der Waals surface area contributed by atoms with Gasteiger partial charge in [0.15, 0.2) is 0 Å². The molecule has 0 radical (unpaired) electrons. The average Bonchev–Trinajstić information content (AvgIpc) is 2.97. The lowest BCUT2D eigenvalue weighted by Gasteiger charge is -2.30. The molecule has 2 fully saturated rings. The summed E-state index contributed by atoms with van der Waals surface area (Å²) in [6.07, 6.45) is 8.83. The van der Waals surface area contributed by atoms with Crippen molar-refractivity contribution in [1.82, 2.24) is 4.90 Å². The van der Waals surface area contributed by atoms with Gasteiger partial charge in [0.1, 0.15) is 0 Å². The van der Waals surface area contributed by atoms with Gasteiger partial charge in [0, 0.05) is 19.0 Å². The highest BCUT2D eigenvalue weighted by atomic mass is 15.2. The van der Waals surface area contributed by atoms with Gasteiger partial charge in [-0.3, -0.25) is 0 Å². The number of likely N-dealkylation sites (tertiary alicyclic amines) is 1. The molecule has 15 heavy (non-hydrogen) atoms. The predicted molar refractivity (Wildman–Crippen MR) is 61.4 cm³/mol. The minimum absolute atomic E-state index is 0.396. The van der Waals surface area contributed by atoms with Crippen LogP contribution in [0.2, 0.25) is 0 Å². The highest BCUT2D eigenvalue weighted by molar-refractivity contribution is 5.01. The average molecular weight is 206 g/mol. The molecule has 0 aromatic heterocycles. The van der Waals surface area contributed by atoms with Gasteiger partial charge in [-0.25, -0.2) is 0 Å². The number of hydrogen-bond donors (Lipinski definition) is 0. The van der Waals surface area contributed by atoms with Crippen LogP contribution in [0.5, 0.6) is 0 Å². The fourth-order valence-electron chi connectivity index (χ4n) is 2.74. The highest BCUT2D eigenvalue weighted by Crippen LogP contribution is 2.49. The van der Waals surface area contributed by atoms with Crippen molar-refractivity contribution in [2.45, 2.75) is 57.9 Å². The maximum atomic E-state index is 8.82. The van der Waals surface area contributed by atoms with E-state index in [9.17, 15) is 0 Å². The lowest BCUT2D eigenvalue weighted by Crippen LogP contribution is -2.37. The van der Waals surface area contributed by atoms with E-state index in [1.807, 2.05) is 0 Å². The smallest absolute Gasteiger partial charge is 0.0628 e. The molecule has 84 valence electrons. The Kier molecular flexibility index (Phi) is 3.31. The molecule has 1 aliphatic carbocycles. The quantitative estimate of drug-likeness (QED) is 0.710. The van der Waals surface area contributed by atoms with E-state index in [0.29, 0.717) is 5.41 Å². The molecule has 1 atom stereocenters. The topological polar surface area (TPSA) is 27.0 Å². The van der Waals surface area contributed by atoms with Crippen LogP contribution in [0.25, 0.3) is 0 Å². The summed E-state index contributed by atoms with van der Waals surface area (Å²) in [6.45, 7) is 4.80. The summed E-state index contributed by atoms with van der Waals surface area (Å²) in [4.78, 5) is 2.64. The van der Waals surface area contributed by atoms with Crippen molar-refractivity contribution in [3.05, 3.63) is 0 Å². The minimum atomic E-state index is 0.396. The Morgan fingerprint density at radius 1 is 1.33 bits per heavy atom. The molecular weight excluding hydrogens is 184 g/mol.